The van der Waals surface area contributed by atoms with E-state index in [1.807, 2.05) is 28.7 Å². The van der Waals surface area contributed by atoms with Crippen molar-refractivity contribution >= 4 is 39.5 Å². The van der Waals surface area contributed by atoms with Gasteiger partial charge in [0.25, 0.3) is 0 Å². The number of ether oxygens (including phenoxy) is 1. The van der Waals surface area contributed by atoms with Crippen molar-refractivity contribution in [1.82, 2.24) is 4.98 Å². The SMILES string of the molecule is COC(=O)Cc1cc(C)nc2c(F)cc(I)cc12. The molecule has 0 fully saturated rings. The van der Waals surface area contributed by atoms with Gasteiger partial charge >= 0.3 is 5.97 Å². The number of hydrogen-bond acceptors (Lipinski definition) is 3. The first-order chi connectivity index (χ1) is 8.51. The highest BCUT2D eigenvalue weighted by Gasteiger charge is 2.12. The molecule has 0 amide bonds. The van der Waals surface area contributed by atoms with Crippen LogP contribution in [0.5, 0.6) is 0 Å². The molecular formula is C13H11FINO2. The highest BCUT2D eigenvalue weighted by Crippen LogP contribution is 2.24. The van der Waals surface area contributed by atoms with E-state index in [-0.39, 0.29) is 18.2 Å². The Morgan fingerprint density at radius 1 is 1.44 bits per heavy atom. The van der Waals surface area contributed by atoms with Crippen molar-refractivity contribution in [2.24, 2.45) is 0 Å². The van der Waals surface area contributed by atoms with Gasteiger partial charge in [-0.15, -0.1) is 0 Å². The van der Waals surface area contributed by atoms with Crippen LogP contribution in [0.25, 0.3) is 10.9 Å². The van der Waals surface area contributed by atoms with Crippen LogP contribution in [-0.4, -0.2) is 18.1 Å². The minimum absolute atomic E-state index is 0.121. The van der Waals surface area contributed by atoms with E-state index in [9.17, 15) is 9.18 Å². The lowest BCUT2D eigenvalue weighted by atomic mass is 10.0. The van der Waals surface area contributed by atoms with Crippen molar-refractivity contribution in [2.75, 3.05) is 7.11 Å². The minimum Gasteiger partial charge on any atom is -0.469 e. The number of esters is 1. The van der Waals surface area contributed by atoms with Crippen molar-refractivity contribution in [3.05, 3.63) is 38.8 Å². The van der Waals surface area contributed by atoms with E-state index < -0.39 is 0 Å². The summed E-state index contributed by atoms with van der Waals surface area (Å²) in [5.41, 5.74) is 1.72. The molecule has 3 nitrogen and oxygen atoms in total. The molecule has 5 heteroatoms. The van der Waals surface area contributed by atoms with Gasteiger partial charge in [-0.05, 0) is 53.3 Å². The summed E-state index contributed by atoms with van der Waals surface area (Å²) in [6.45, 7) is 1.78. The topological polar surface area (TPSA) is 39.2 Å². The summed E-state index contributed by atoms with van der Waals surface area (Å²) in [4.78, 5) is 15.5. The van der Waals surface area contributed by atoms with Crippen molar-refractivity contribution in [2.45, 2.75) is 13.3 Å². The van der Waals surface area contributed by atoms with E-state index >= 15 is 0 Å². The smallest absolute Gasteiger partial charge is 0.310 e. The van der Waals surface area contributed by atoms with E-state index in [0.717, 1.165) is 9.13 Å². The Labute approximate surface area is 117 Å². The average molecular weight is 359 g/mol. The maximum Gasteiger partial charge on any atom is 0.310 e. The Hall–Kier alpha value is -1.24. The number of fused-ring (bicyclic) bond motifs is 1. The number of rotatable bonds is 2. The first kappa shape index (κ1) is 13.2. The van der Waals surface area contributed by atoms with E-state index in [0.29, 0.717) is 16.6 Å². The third-order valence-corrected chi connectivity index (χ3v) is 3.23. The molecule has 0 radical (unpaired) electrons. The van der Waals surface area contributed by atoms with Gasteiger partial charge in [-0.25, -0.2) is 4.39 Å². The number of pyridine rings is 1. The van der Waals surface area contributed by atoms with Gasteiger partial charge in [-0.1, -0.05) is 0 Å². The fraction of sp³-hybridized carbons (Fsp3) is 0.231. The van der Waals surface area contributed by atoms with Gasteiger partial charge in [0, 0.05) is 14.7 Å². The summed E-state index contributed by atoms with van der Waals surface area (Å²) in [6, 6.07) is 5.04. The number of aryl methyl sites for hydroxylation is 1. The molecule has 1 aromatic carbocycles. The van der Waals surface area contributed by atoms with Crippen molar-refractivity contribution in [1.29, 1.82) is 0 Å². The molecule has 0 saturated carbocycles. The summed E-state index contributed by atoms with van der Waals surface area (Å²) in [7, 11) is 1.34. The van der Waals surface area contributed by atoms with Gasteiger partial charge in [-0.2, -0.15) is 0 Å². The lowest BCUT2D eigenvalue weighted by Crippen LogP contribution is -2.06. The van der Waals surface area contributed by atoms with Crippen molar-refractivity contribution in [3.8, 4) is 0 Å². The molecule has 0 atom stereocenters. The maximum atomic E-state index is 13.8. The van der Waals surface area contributed by atoms with Gasteiger partial charge in [0.15, 0.2) is 0 Å². The number of carbonyl (C=O) groups excluding carboxylic acids is 1. The second kappa shape index (κ2) is 5.17. The van der Waals surface area contributed by atoms with Crippen LogP contribution in [0.15, 0.2) is 18.2 Å². The van der Waals surface area contributed by atoms with Crippen LogP contribution in [0.4, 0.5) is 4.39 Å². The van der Waals surface area contributed by atoms with Gasteiger partial charge in [-0.3, -0.25) is 9.78 Å². The molecule has 0 spiro atoms. The number of hydrogen-bond donors (Lipinski definition) is 0. The van der Waals surface area contributed by atoms with Crippen molar-refractivity contribution < 1.29 is 13.9 Å². The van der Waals surface area contributed by atoms with Crippen molar-refractivity contribution in [3.63, 3.8) is 0 Å². The number of nitrogens with zero attached hydrogens (tertiary/aromatic N) is 1. The number of carbonyl (C=O) groups is 1. The summed E-state index contributed by atoms with van der Waals surface area (Å²) in [5, 5.41) is 0.662. The predicted octanol–water partition coefficient (Wildman–Crippen LogP) is 3.00. The largest absolute Gasteiger partial charge is 0.469 e. The van der Waals surface area contributed by atoms with Crippen LogP contribution in [-0.2, 0) is 16.0 Å². The number of halogens is 2. The summed E-state index contributed by atoms with van der Waals surface area (Å²) in [6.07, 6.45) is 0.121. The molecule has 18 heavy (non-hydrogen) atoms. The summed E-state index contributed by atoms with van der Waals surface area (Å²) >= 11 is 2.04. The Morgan fingerprint density at radius 2 is 2.17 bits per heavy atom. The number of aromatic nitrogens is 1. The summed E-state index contributed by atoms with van der Waals surface area (Å²) in [5.74, 6) is -0.715. The van der Waals surface area contributed by atoms with E-state index in [4.69, 9.17) is 0 Å². The van der Waals surface area contributed by atoms with Gasteiger partial charge in [0.1, 0.15) is 11.3 Å². The van der Waals surface area contributed by atoms with E-state index in [1.54, 1.807) is 13.0 Å². The van der Waals surface area contributed by atoms with Crippen LogP contribution < -0.4 is 0 Å². The second-order valence-electron chi connectivity index (χ2n) is 3.96. The Bertz CT molecular complexity index is 628. The Kier molecular flexibility index (Phi) is 3.79. The molecule has 0 saturated heterocycles. The van der Waals surface area contributed by atoms with E-state index in [2.05, 4.69) is 9.72 Å². The molecule has 0 N–H and O–H groups in total. The standard InChI is InChI=1S/C13H11FINO2/c1-7-3-8(4-12(17)18-2)10-5-9(15)6-11(14)13(10)16-7/h3,5-6H,4H2,1-2H3. The predicted molar refractivity (Wildman–Crippen MR) is 74.9 cm³/mol. The molecule has 0 bridgehead atoms. The number of methoxy groups -OCH3 is 1. The highest BCUT2D eigenvalue weighted by molar-refractivity contribution is 14.1. The van der Waals surface area contributed by atoms with Crippen LogP contribution in [0.1, 0.15) is 11.3 Å². The van der Waals surface area contributed by atoms with Crippen LogP contribution >= 0.6 is 22.6 Å². The summed E-state index contributed by atoms with van der Waals surface area (Å²) < 4.78 is 19.3. The molecule has 0 aliphatic heterocycles. The number of benzene rings is 1. The quantitative estimate of drug-likeness (QED) is 0.611. The second-order valence-corrected chi connectivity index (χ2v) is 5.21. The third-order valence-electron chi connectivity index (χ3n) is 2.61. The fourth-order valence-electron chi connectivity index (χ4n) is 1.84. The van der Waals surface area contributed by atoms with Gasteiger partial charge in [0.05, 0.1) is 13.5 Å². The molecule has 94 valence electrons. The maximum absolute atomic E-state index is 13.8. The zero-order chi connectivity index (χ0) is 13.3. The zero-order valence-electron chi connectivity index (χ0n) is 9.96. The zero-order valence-corrected chi connectivity index (χ0v) is 12.1. The monoisotopic (exact) mass is 359 g/mol. The van der Waals surface area contributed by atoms with Gasteiger partial charge in [0.2, 0.25) is 0 Å². The first-order valence-corrected chi connectivity index (χ1v) is 6.41. The van der Waals surface area contributed by atoms with Crippen LogP contribution in [0.2, 0.25) is 0 Å². The van der Waals surface area contributed by atoms with Crippen LogP contribution in [0.3, 0.4) is 0 Å². The lowest BCUT2D eigenvalue weighted by molar-refractivity contribution is -0.139. The molecule has 2 aromatic rings. The first-order valence-electron chi connectivity index (χ1n) is 5.33. The highest BCUT2D eigenvalue weighted by atomic mass is 127. The molecule has 1 heterocycles. The van der Waals surface area contributed by atoms with Crippen LogP contribution in [0, 0.1) is 16.3 Å². The van der Waals surface area contributed by atoms with E-state index in [1.165, 1.54) is 13.2 Å². The molecule has 0 aliphatic rings. The minimum atomic E-state index is -0.369. The molecule has 0 aliphatic carbocycles. The Balaban J connectivity index is 2.67. The third kappa shape index (κ3) is 2.60. The van der Waals surface area contributed by atoms with Gasteiger partial charge < -0.3 is 4.74 Å². The Morgan fingerprint density at radius 3 is 2.83 bits per heavy atom. The fourth-order valence-corrected chi connectivity index (χ4v) is 2.42. The normalized spacial score (nSPS) is 10.7. The molecular weight excluding hydrogens is 348 g/mol. The average Bonchev–Trinajstić information content (AvgIpc) is 2.30. The molecule has 0 unspecified atom stereocenters. The molecule has 1 aromatic heterocycles. The molecule has 2 rings (SSSR count). The lowest BCUT2D eigenvalue weighted by Gasteiger charge is -2.08.